The van der Waals surface area contributed by atoms with Crippen LogP contribution >= 0.6 is 0 Å². The Morgan fingerprint density at radius 3 is 2.27 bits per heavy atom. The molecule has 2 aromatic carbocycles. The van der Waals surface area contributed by atoms with Crippen molar-refractivity contribution in [3.05, 3.63) is 59.7 Å². The number of hydrogen-bond donors (Lipinski definition) is 4. The predicted molar refractivity (Wildman–Crippen MR) is 130 cm³/mol. The van der Waals surface area contributed by atoms with Gasteiger partial charge in [-0.3, -0.25) is 0 Å². The summed E-state index contributed by atoms with van der Waals surface area (Å²) in [6.45, 7) is -0.0443. The zero-order chi connectivity index (χ0) is 26.7. The highest BCUT2D eigenvalue weighted by atomic mass is 19.4. The first-order valence-electron chi connectivity index (χ1n) is 11.4. The molecule has 37 heavy (non-hydrogen) atoms. The highest BCUT2D eigenvalue weighted by molar-refractivity contribution is 5.88. The number of halogens is 3. The third-order valence-corrected chi connectivity index (χ3v) is 4.86. The summed E-state index contributed by atoms with van der Waals surface area (Å²) in [5, 5.41) is 14.8. The Labute approximate surface area is 211 Å². The van der Waals surface area contributed by atoms with Gasteiger partial charge in [-0.1, -0.05) is 12.1 Å². The number of benzene rings is 2. The Kier molecular flexibility index (Phi) is 9.84. The van der Waals surface area contributed by atoms with Gasteiger partial charge < -0.3 is 30.9 Å². The van der Waals surface area contributed by atoms with Crippen LogP contribution in [0.5, 0.6) is 11.8 Å². The molecule has 0 bridgehead atoms. The minimum absolute atomic E-state index is 0.0166. The van der Waals surface area contributed by atoms with Gasteiger partial charge in [-0.25, -0.2) is 4.79 Å². The summed E-state index contributed by atoms with van der Waals surface area (Å²) in [6, 6.07) is 12.5. The Bertz CT molecular complexity index is 1140. The smallest absolute Gasteiger partial charge is 0.422 e. The van der Waals surface area contributed by atoms with Crippen LogP contribution in [0.4, 0.5) is 30.8 Å². The number of nitrogens with zero attached hydrogens (tertiary/aromatic N) is 3. The van der Waals surface area contributed by atoms with E-state index in [1.165, 1.54) is 24.3 Å². The summed E-state index contributed by atoms with van der Waals surface area (Å²) in [5.74, 6) is -0.476. The maximum Gasteiger partial charge on any atom is 0.422 e. The lowest BCUT2D eigenvalue weighted by Crippen LogP contribution is -2.21. The number of carbonyl (C=O) groups is 1. The second-order valence-corrected chi connectivity index (χ2v) is 7.87. The number of anilines is 3. The van der Waals surface area contributed by atoms with Crippen molar-refractivity contribution in [2.75, 3.05) is 30.4 Å². The fourth-order valence-electron chi connectivity index (χ4n) is 3.03. The molecule has 0 aliphatic rings. The summed E-state index contributed by atoms with van der Waals surface area (Å²) in [7, 11) is 0. The predicted octanol–water partition coefficient (Wildman–Crippen LogP) is 4.37. The van der Waals surface area contributed by atoms with Gasteiger partial charge in [0.1, 0.15) is 5.75 Å². The molecule has 198 valence electrons. The molecule has 0 radical (unpaired) electrons. The van der Waals surface area contributed by atoms with Gasteiger partial charge in [0.25, 0.3) is 0 Å². The third kappa shape index (κ3) is 9.80. The van der Waals surface area contributed by atoms with Crippen LogP contribution in [0, 0.1) is 0 Å². The molecule has 0 spiro atoms. The average molecular weight is 521 g/mol. The molecule has 0 aliphatic carbocycles. The second-order valence-electron chi connectivity index (χ2n) is 7.87. The molecule has 13 heteroatoms. The van der Waals surface area contributed by atoms with E-state index in [-0.39, 0.29) is 24.0 Å². The number of carboxylic acid groups (broad SMARTS) is 1. The minimum atomic E-state index is -4.57. The molecule has 1 heterocycles. The normalized spacial score (nSPS) is 11.1. The van der Waals surface area contributed by atoms with Crippen LogP contribution in [-0.2, 0) is 6.54 Å². The molecule has 0 amide bonds. The van der Waals surface area contributed by atoms with Gasteiger partial charge in [-0.15, -0.1) is 0 Å². The van der Waals surface area contributed by atoms with Crippen LogP contribution in [0.25, 0.3) is 0 Å². The number of aromatic nitrogens is 3. The largest absolute Gasteiger partial charge is 0.494 e. The topological polar surface area (TPSA) is 145 Å². The molecule has 0 saturated carbocycles. The van der Waals surface area contributed by atoms with Crippen molar-refractivity contribution < 1.29 is 32.5 Å². The standard InChI is InChI=1S/C24H27F3N6O4/c25-24(26,27)15-37-23-32-21(31-22(33-23)30-18-8-6-17(7-9-18)20(34)35)29-14-16-4-10-19(11-5-16)36-13-3-1-2-12-28/h4-11H,1-3,12-15,28H2,(H,34,35)(H2,29,30,31,32,33). The van der Waals surface area contributed by atoms with Crippen molar-refractivity contribution in [2.24, 2.45) is 5.73 Å². The number of nitrogens with one attached hydrogen (secondary N) is 2. The molecular formula is C24H27F3N6O4. The van der Waals surface area contributed by atoms with Crippen molar-refractivity contribution in [1.29, 1.82) is 0 Å². The van der Waals surface area contributed by atoms with E-state index < -0.39 is 24.8 Å². The van der Waals surface area contributed by atoms with Gasteiger partial charge >= 0.3 is 18.2 Å². The van der Waals surface area contributed by atoms with Crippen molar-refractivity contribution in [2.45, 2.75) is 32.0 Å². The number of alkyl halides is 3. The first-order chi connectivity index (χ1) is 17.7. The molecular weight excluding hydrogens is 493 g/mol. The van der Waals surface area contributed by atoms with Crippen LogP contribution in [0.2, 0.25) is 0 Å². The highest BCUT2D eigenvalue weighted by Gasteiger charge is 2.29. The van der Waals surface area contributed by atoms with E-state index in [0.717, 1.165) is 30.6 Å². The maximum atomic E-state index is 12.6. The maximum absolute atomic E-state index is 12.6. The number of rotatable bonds is 14. The lowest BCUT2D eigenvalue weighted by atomic mass is 10.2. The summed E-state index contributed by atoms with van der Waals surface area (Å²) in [6.07, 6.45) is -1.70. The zero-order valence-electron chi connectivity index (χ0n) is 19.8. The quantitative estimate of drug-likeness (QED) is 0.226. The van der Waals surface area contributed by atoms with Gasteiger partial charge in [-0.2, -0.15) is 28.1 Å². The van der Waals surface area contributed by atoms with Gasteiger partial charge in [0.05, 0.1) is 12.2 Å². The van der Waals surface area contributed by atoms with Gasteiger partial charge in [0, 0.05) is 12.2 Å². The summed E-state index contributed by atoms with van der Waals surface area (Å²) in [4.78, 5) is 23.0. The minimum Gasteiger partial charge on any atom is -0.494 e. The Hall–Kier alpha value is -4.13. The fourth-order valence-corrected chi connectivity index (χ4v) is 3.03. The van der Waals surface area contributed by atoms with Crippen LogP contribution in [-0.4, -0.2) is 52.0 Å². The summed E-state index contributed by atoms with van der Waals surface area (Å²) in [5.41, 5.74) is 6.82. The number of nitrogens with two attached hydrogens (primary N) is 1. The van der Waals surface area contributed by atoms with Crippen molar-refractivity contribution in [3.63, 3.8) is 0 Å². The van der Waals surface area contributed by atoms with Crippen LogP contribution in [0.3, 0.4) is 0 Å². The second kappa shape index (κ2) is 13.3. The number of carboxylic acids is 1. The lowest BCUT2D eigenvalue weighted by molar-refractivity contribution is -0.154. The first kappa shape index (κ1) is 27.5. The first-order valence-corrected chi connectivity index (χ1v) is 11.4. The van der Waals surface area contributed by atoms with Gasteiger partial charge in [0.15, 0.2) is 6.61 Å². The van der Waals surface area contributed by atoms with Crippen molar-refractivity contribution in [3.8, 4) is 11.8 Å². The Morgan fingerprint density at radius 2 is 1.62 bits per heavy atom. The van der Waals surface area contributed by atoms with E-state index in [4.69, 9.17) is 20.3 Å². The molecule has 0 saturated heterocycles. The van der Waals surface area contributed by atoms with E-state index in [0.29, 0.717) is 18.8 Å². The summed E-state index contributed by atoms with van der Waals surface area (Å²) < 4.78 is 48.3. The molecule has 3 rings (SSSR count). The molecule has 3 aromatic rings. The molecule has 0 fully saturated rings. The van der Waals surface area contributed by atoms with Crippen molar-refractivity contribution >= 4 is 23.6 Å². The highest BCUT2D eigenvalue weighted by Crippen LogP contribution is 2.21. The van der Waals surface area contributed by atoms with Crippen LogP contribution in [0.1, 0.15) is 35.2 Å². The van der Waals surface area contributed by atoms with E-state index in [1.54, 1.807) is 0 Å². The average Bonchev–Trinajstić information content (AvgIpc) is 2.87. The van der Waals surface area contributed by atoms with E-state index in [1.807, 2.05) is 24.3 Å². The Balaban J connectivity index is 1.66. The summed E-state index contributed by atoms with van der Waals surface area (Å²) >= 11 is 0. The SMILES string of the molecule is NCCCCCOc1ccc(CNc2nc(Nc3ccc(C(=O)O)cc3)nc(OCC(F)(F)F)n2)cc1. The lowest BCUT2D eigenvalue weighted by Gasteiger charge is -2.12. The molecule has 5 N–H and O–H groups in total. The number of hydrogen-bond acceptors (Lipinski definition) is 9. The van der Waals surface area contributed by atoms with E-state index in [9.17, 15) is 18.0 Å². The van der Waals surface area contributed by atoms with Gasteiger partial charge in [-0.05, 0) is 67.8 Å². The van der Waals surface area contributed by atoms with Gasteiger partial charge in [0.2, 0.25) is 11.9 Å². The van der Waals surface area contributed by atoms with Crippen LogP contribution < -0.4 is 25.8 Å². The van der Waals surface area contributed by atoms with Crippen molar-refractivity contribution in [1.82, 2.24) is 15.0 Å². The third-order valence-electron chi connectivity index (χ3n) is 4.86. The zero-order valence-corrected chi connectivity index (χ0v) is 19.8. The van der Waals surface area contributed by atoms with Crippen LogP contribution in [0.15, 0.2) is 48.5 Å². The number of unbranched alkanes of at least 4 members (excludes halogenated alkanes) is 2. The number of ether oxygens (including phenoxy) is 2. The fraction of sp³-hybridized carbons (Fsp3) is 0.333. The molecule has 0 unspecified atom stereocenters. The Morgan fingerprint density at radius 1 is 0.919 bits per heavy atom. The molecule has 0 aliphatic heterocycles. The monoisotopic (exact) mass is 520 g/mol. The van der Waals surface area contributed by atoms with E-state index >= 15 is 0 Å². The molecule has 0 atom stereocenters. The molecule has 10 nitrogen and oxygen atoms in total. The van der Waals surface area contributed by atoms with E-state index in [2.05, 4.69) is 25.6 Å². The number of aromatic carboxylic acids is 1. The molecule has 1 aromatic heterocycles.